The Bertz CT molecular complexity index is 682. The lowest BCUT2D eigenvalue weighted by atomic mass is 9.98. The van der Waals surface area contributed by atoms with Gasteiger partial charge in [0, 0.05) is 11.1 Å². The zero-order valence-corrected chi connectivity index (χ0v) is 14.6. The SMILES string of the molecule is C[C@H]1CCC[C@H](C)[N+]1=C(Nc1cccc(Cl)c1)c1ccccc1. The molecule has 120 valence electrons. The van der Waals surface area contributed by atoms with E-state index in [0.29, 0.717) is 12.1 Å². The van der Waals surface area contributed by atoms with Crippen LogP contribution in [0.15, 0.2) is 54.6 Å². The van der Waals surface area contributed by atoms with Crippen molar-refractivity contribution in [1.29, 1.82) is 0 Å². The Kier molecular flexibility index (Phi) is 5.02. The van der Waals surface area contributed by atoms with Gasteiger partial charge in [0.05, 0.1) is 17.6 Å². The van der Waals surface area contributed by atoms with Gasteiger partial charge in [-0.25, -0.2) is 5.32 Å². The molecule has 1 N–H and O–H groups in total. The number of rotatable bonds is 2. The molecule has 1 aliphatic heterocycles. The quantitative estimate of drug-likeness (QED) is 0.594. The van der Waals surface area contributed by atoms with Crippen molar-refractivity contribution in [2.24, 2.45) is 0 Å². The van der Waals surface area contributed by atoms with E-state index in [1.165, 1.54) is 30.7 Å². The molecule has 2 aromatic rings. The summed E-state index contributed by atoms with van der Waals surface area (Å²) in [6, 6.07) is 19.6. The summed E-state index contributed by atoms with van der Waals surface area (Å²) < 4.78 is 2.53. The third-order valence-electron chi connectivity index (χ3n) is 4.59. The first kappa shape index (κ1) is 16.1. The van der Waals surface area contributed by atoms with Crippen LogP contribution in [0.3, 0.4) is 0 Å². The van der Waals surface area contributed by atoms with Gasteiger partial charge in [-0.1, -0.05) is 35.9 Å². The van der Waals surface area contributed by atoms with Crippen molar-refractivity contribution in [3.8, 4) is 0 Å². The van der Waals surface area contributed by atoms with Crippen LogP contribution in [0, 0.1) is 0 Å². The smallest absolute Gasteiger partial charge is 0.256 e. The minimum atomic E-state index is 0.528. The van der Waals surface area contributed by atoms with Crippen LogP contribution in [0.2, 0.25) is 5.02 Å². The third kappa shape index (κ3) is 3.76. The Balaban J connectivity index is 2.07. The monoisotopic (exact) mass is 327 g/mol. The molecule has 0 saturated carbocycles. The van der Waals surface area contributed by atoms with Crippen molar-refractivity contribution in [1.82, 2.24) is 0 Å². The normalized spacial score (nSPS) is 21.1. The fraction of sp³-hybridized carbons (Fsp3) is 0.350. The highest BCUT2D eigenvalue weighted by Gasteiger charge is 2.29. The lowest BCUT2D eigenvalue weighted by Crippen LogP contribution is -2.43. The van der Waals surface area contributed by atoms with Crippen LogP contribution in [0.1, 0.15) is 38.7 Å². The predicted molar refractivity (Wildman–Crippen MR) is 98.7 cm³/mol. The number of nitrogens with one attached hydrogen (secondary N) is 1. The first-order valence-electron chi connectivity index (χ1n) is 8.38. The number of amidine groups is 1. The molecule has 23 heavy (non-hydrogen) atoms. The van der Waals surface area contributed by atoms with Crippen LogP contribution in [-0.2, 0) is 0 Å². The summed E-state index contributed by atoms with van der Waals surface area (Å²) in [4.78, 5) is 0. The van der Waals surface area contributed by atoms with E-state index in [1.54, 1.807) is 0 Å². The molecule has 1 saturated heterocycles. The van der Waals surface area contributed by atoms with Crippen LogP contribution < -0.4 is 5.32 Å². The fourth-order valence-electron chi connectivity index (χ4n) is 3.45. The lowest BCUT2D eigenvalue weighted by molar-refractivity contribution is -0.604. The van der Waals surface area contributed by atoms with Crippen molar-refractivity contribution < 1.29 is 4.58 Å². The van der Waals surface area contributed by atoms with E-state index in [-0.39, 0.29) is 0 Å². The summed E-state index contributed by atoms with van der Waals surface area (Å²) in [7, 11) is 0. The van der Waals surface area contributed by atoms with Crippen LogP contribution in [0.25, 0.3) is 0 Å². The number of anilines is 1. The molecule has 2 atom stereocenters. The molecule has 0 aliphatic carbocycles. The number of halogens is 1. The van der Waals surface area contributed by atoms with Crippen LogP contribution in [0.4, 0.5) is 5.69 Å². The Morgan fingerprint density at radius 2 is 1.70 bits per heavy atom. The standard InChI is InChI=1S/C20H23ClN2/c1-15-8-6-9-16(2)23(15)20(17-10-4-3-5-11-17)22-19-13-7-12-18(21)14-19/h3-5,7,10-16H,6,8-9H2,1-2H3/p+1/t15-,16-/m0/s1. The topological polar surface area (TPSA) is 15.0 Å². The van der Waals surface area contributed by atoms with Gasteiger partial charge in [0.2, 0.25) is 0 Å². The molecule has 1 fully saturated rings. The number of hydrogen-bond donors (Lipinski definition) is 1. The highest BCUT2D eigenvalue weighted by Crippen LogP contribution is 2.22. The number of piperidine rings is 1. The van der Waals surface area contributed by atoms with Crippen molar-refractivity contribution >= 4 is 23.1 Å². The van der Waals surface area contributed by atoms with Crippen LogP contribution >= 0.6 is 11.6 Å². The van der Waals surface area contributed by atoms with E-state index in [4.69, 9.17) is 11.6 Å². The van der Waals surface area contributed by atoms with Gasteiger partial charge >= 0.3 is 0 Å². The van der Waals surface area contributed by atoms with Crippen molar-refractivity contribution in [2.75, 3.05) is 5.32 Å². The van der Waals surface area contributed by atoms with Crippen LogP contribution in [-0.4, -0.2) is 22.5 Å². The summed E-state index contributed by atoms with van der Waals surface area (Å²) in [6.07, 6.45) is 3.77. The molecule has 0 radical (unpaired) electrons. The Morgan fingerprint density at radius 3 is 2.35 bits per heavy atom. The summed E-state index contributed by atoms with van der Waals surface area (Å²) in [6.45, 7) is 4.64. The van der Waals surface area contributed by atoms with Gasteiger partial charge in [0.15, 0.2) is 0 Å². The highest BCUT2D eigenvalue weighted by atomic mass is 35.5. The zero-order valence-electron chi connectivity index (χ0n) is 13.8. The van der Waals surface area contributed by atoms with Gasteiger partial charge in [-0.15, -0.1) is 0 Å². The zero-order chi connectivity index (χ0) is 16.2. The summed E-state index contributed by atoms with van der Waals surface area (Å²) >= 11 is 6.15. The van der Waals surface area contributed by atoms with Gasteiger partial charge in [0.25, 0.3) is 5.84 Å². The molecule has 2 nitrogen and oxygen atoms in total. The van der Waals surface area contributed by atoms with E-state index in [2.05, 4.69) is 60.1 Å². The molecule has 0 spiro atoms. The van der Waals surface area contributed by atoms with Crippen LogP contribution in [0.5, 0.6) is 0 Å². The largest absolute Gasteiger partial charge is 0.282 e. The molecule has 3 rings (SSSR count). The minimum absolute atomic E-state index is 0.528. The molecular formula is C20H24ClN2+. The minimum Gasteiger partial charge on any atom is -0.256 e. The summed E-state index contributed by atoms with van der Waals surface area (Å²) in [5, 5.41) is 4.38. The number of nitrogens with zero attached hydrogens (tertiary/aromatic N) is 1. The first-order chi connectivity index (χ1) is 11.1. The van der Waals surface area contributed by atoms with E-state index >= 15 is 0 Å². The van der Waals surface area contributed by atoms with Crippen molar-refractivity contribution in [2.45, 2.75) is 45.2 Å². The van der Waals surface area contributed by atoms with Gasteiger partial charge in [-0.3, -0.25) is 4.58 Å². The van der Waals surface area contributed by atoms with Gasteiger partial charge < -0.3 is 0 Å². The molecule has 1 aliphatic rings. The highest BCUT2D eigenvalue weighted by molar-refractivity contribution is 6.31. The fourth-order valence-corrected chi connectivity index (χ4v) is 3.64. The molecule has 0 amide bonds. The molecule has 2 aromatic carbocycles. The maximum Gasteiger partial charge on any atom is 0.282 e. The Labute approximate surface area is 143 Å². The molecule has 0 unspecified atom stereocenters. The first-order valence-corrected chi connectivity index (χ1v) is 8.76. The van der Waals surface area contributed by atoms with Crippen molar-refractivity contribution in [3.05, 3.63) is 65.2 Å². The maximum absolute atomic E-state index is 6.15. The second kappa shape index (κ2) is 7.18. The van der Waals surface area contributed by atoms with E-state index in [0.717, 1.165) is 10.7 Å². The molecule has 3 heteroatoms. The summed E-state index contributed by atoms with van der Waals surface area (Å²) in [5.74, 6) is 1.17. The number of hydrogen-bond acceptors (Lipinski definition) is 0. The van der Waals surface area contributed by atoms with Gasteiger partial charge in [-0.2, -0.15) is 0 Å². The molecule has 0 bridgehead atoms. The van der Waals surface area contributed by atoms with E-state index in [1.807, 2.05) is 18.2 Å². The number of benzene rings is 2. The predicted octanol–water partition coefficient (Wildman–Crippen LogP) is 5.17. The second-order valence-electron chi connectivity index (χ2n) is 6.39. The second-order valence-corrected chi connectivity index (χ2v) is 6.82. The molecule has 1 heterocycles. The summed E-state index contributed by atoms with van der Waals surface area (Å²) in [5.41, 5.74) is 2.24. The molecular weight excluding hydrogens is 304 g/mol. The average Bonchev–Trinajstić information content (AvgIpc) is 2.54. The van der Waals surface area contributed by atoms with E-state index in [9.17, 15) is 0 Å². The van der Waals surface area contributed by atoms with Crippen molar-refractivity contribution in [3.63, 3.8) is 0 Å². The Hall–Kier alpha value is -1.80. The van der Waals surface area contributed by atoms with E-state index < -0.39 is 0 Å². The molecule has 0 aromatic heterocycles. The lowest BCUT2D eigenvalue weighted by Gasteiger charge is -2.29. The average molecular weight is 328 g/mol. The van der Waals surface area contributed by atoms with Gasteiger partial charge in [-0.05, 0) is 57.4 Å². The van der Waals surface area contributed by atoms with Gasteiger partial charge in [0.1, 0.15) is 5.69 Å². The third-order valence-corrected chi connectivity index (χ3v) is 4.82. The Morgan fingerprint density at radius 1 is 1.00 bits per heavy atom. The maximum atomic E-state index is 6.15.